The summed E-state index contributed by atoms with van der Waals surface area (Å²) in [6.45, 7) is 6.64. The summed E-state index contributed by atoms with van der Waals surface area (Å²) in [6.07, 6.45) is 3.77. The summed E-state index contributed by atoms with van der Waals surface area (Å²) in [5.74, 6) is 1.23. The molecule has 2 rings (SSSR count). The zero-order valence-corrected chi connectivity index (χ0v) is 13.9. The summed E-state index contributed by atoms with van der Waals surface area (Å²) < 4.78 is 0. The number of thioether (sulfide) groups is 1. The van der Waals surface area contributed by atoms with Gasteiger partial charge in [0.1, 0.15) is 0 Å². The fraction of sp³-hybridized carbons (Fsp3) is 0.625. The first kappa shape index (κ1) is 16.3. The van der Waals surface area contributed by atoms with Crippen LogP contribution in [0.15, 0.2) is 18.2 Å². The van der Waals surface area contributed by atoms with Crippen molar-refractivity contribution in [3.63, 3.8) is 0 Å². The van der Waals surface area contributed by atoms with E-state index in [-0.39, 0.29) is 0 Å². The van der Waals surface area contributed by atoms with Crippen molar-refractivity contribution in [2.24, 2.45) is 0 Å². The number of aryl methyl sites for hydroxylation is 1. The molecule has 0 aromatic carbocycles. The molecule has 0 unspecified atom stereocenters. The molecule has 5 heteroatoms. The standard InChI is InChI=1S/C16H25N3OS/c1-14-5-3-6-15(17-14)13-18-8-4-9-19(11-10-18)16(20)7-12-21-2/h3,5-6H,4,7-13H2,1-2H3. The summed E-state index contributed by atoms with van der Waals surface area (Å²) in [4.78, 5) is 21.1. The number of carbonyl (C=O) groups excluding carboxylic acids is 1. The SMILES string of the molecule is CSCCC(=O)N1CCCN(Cc2cccc(C)n2)CC1. The minimum atomic E-state index is 0.305. The van der Waals surface area contributed by atoms with Crippen LogP contribution in [0.5, 0.6) is 0 Å². The van der Waals surface area contributed by atoms with Crippen LogP contribution in [0.4, 0.5) is 0 Å². The third kappa shape index (κ3) is 5.32. The Morgan fingerprint density at radius 2 is 2.14 bits per heavy atom. The molecule has 1 saturated heterocycles. The maximum atomic E-state index is 12.1. The van der Waals surface area contributed by atoms with Crippen molar-refractivity contribution >= 4 is 17.7 Å². The van der Waals surface area contributed by atoms with E-state index >= 15 is 0 Å². The van der Waals surface area contributed by atoms with E-state index in [0.29, 0.717) is 12.3 Å². The molecule has 0 radical (unpaired) electrons. The molecule has 0 atom stereocenters. The zero-order valence-electron chi connectivity index (χ0n) is 13.0. The molecule has 1 aromatic heterocycles. The fourth-order valence-electron chi connectivity index (χ4n) is 2.64. The van der Waals surface area contributed by atoms with Gasteiger partial charge in [-0.15, -0.1) is 0 Å². The van der Waals surface area contributed by atoms with Gasteiger partial charge < -0.3 is 4.90 Å². The van der Waals surface area contributed by atoms with Crippen LogP contribution in [0.2, 0.25) is 0 Å². The van der Waals surface area contributed by atoms with Gasteiger partial charge >= 0.3 is 0 Å². The average molecular weight is 307 g/mol. The van der Waals surface area contributed by atoms with Crippen molar-refractivity contribution in [1.82, 2.24) is 14.8 Å². The highest BCUT2D eigenvalue weighted by atomic mass is 32.2. The first-order valence-corrected chi connectivity index (χ1v) is 9.00. The molecule has 1 aliphatic heterocycles. The minimum absolute atomic E-state index is 0.305. The topological polar surface area (TPSA) is 36.4 Å². The van der Waals surface area contributed by atoms with Crippen LogP contribution in [0.3, 0.4) is 0 Å². The Labute approximate surface area is 131 Å². The molecule has 0 saturated carbocycles. The number of pyridine rings is 1. The smallest absolute Gasteiger partial charge is 0.223 e. The lowest BCUT2D eigenvalue weighted by Gasteiger charge is -2.22. The van der Waals surface area contributed by atoms with Crippen molar-refractivity contribution in [1.29, 1.82) is 0 Å². The summed E-state index contributed by atoms with van der Waals surface area (Å²) in [5, 5.41) is 0. The van der Waals surface area contributed by atoms with E-state index in [1.807, 2.05) is 24.1 Å². The summed E-state index contributed by atoms with van der Waals surface area (Å²) in [6, 6.07) is 6.17. The van der Waals surface area contributed by atoms with Gasteiger partial charge in [-0.05, 0) is 31.7 Å². The molecular weight excluding hydrogens is 282 g/mol. The van der Waals surface area contributed by atoms with E-state index in [1.54, 1.807) is 11.8 Å². The van der Waals surface area contributed by atoms with Gasteiger partial charge in [0.25, 0.3) is 0 Å². The Bertz CT molecular complexity index is 467. The lowest BCUT2D eigenvalue weighted by atomic mass is 10.3. The summed E-state index contributed by atoms with van der Waals surface area (Å²) >= 11 is 1.74. The number of aromatic nitrogens is 1. The molecule has 0 aliphatic carbocycles. The maximum Gasteiger partial charge on any atom is 0.223 e. The normalized spacial score (nSPS) is 16.8. The molecule has 0 N–H and O–H groups in total. The molecule has 4 nitrogen and oxygen atoms in total. The fourth-order valence-corrected chi connectivity index (χ4v) is 3.02. The van der Waals surface area contributed by atoms with E-state index < -0.39 is 0 Å². The van der Waals surface area contributed by atoms with Crippen molar-refractivity contribution in [2.75, 3.05) is 38.2 Å². The van der Waals surface area contributed by atoms with Crippen LogP contribution in [0, 0.1) is 6.92 Å². The van der Waals surface area contributed by atoms with Crippen LogP contribution < -0.4 is 0 Å². The molecule has 1 fully saturated rings. The zero-order chi connectivity index (χ0) is 15.1. The van der Waals surface area contributed by atoms with Crippen LogP contribution >= 0.6 is 11.8 Å². The first-order chi connectivity index (χ1) is 10.2. The van der Waals surface area contributed by atoms with Gasteiger partial charge in [-0.3, -0.25) is 14.7 Å². The highest BCUT2D eigenvalue weighted by Gasteiger charge is 2.18. The number of hydrogen-bond acceptors (Lipinski definition) is 4. The van der Waals surface area contributed by atoms with Crippen molar-refractivity contribution in [3.05, 3.63) is 29.6 Å². The molecule has 0 spiro atoms. The molecule has 116 valence electrons. The second kappa shape index (κ2) is 8.39. The molecule has 1 aliphatic rings. The Hall–Kier alpha value is -1.07. The minimum Gasteiger partial charge on any atom is -0.341 e. The lowest BCUT2D eigenvalue weighted by molar-refractivity contribution is -0.130. The molecule has 21 heavy (non-hydrogen) atoms. The van der Waals surface area contributed by atoms with E-state index in [9.17, 15) is 4.79 Å². The Morgan fingerprint density at radius 1 is 1.29 bits per heavy atom. The third-order valence-electron chi connectivity index (χ3n) is 3.79. The number of rotatable bonds is 5. The Kier molecular flexibility index (Phi) is 6.51. The third-order valence-corrected chi connectivity index (χ3v) is 4.41. The van der Waals surface area contributed by atoms with Gasteiger partial charge in [0.05, 0.1) is 5.69 Å². The van der Waals surface area contributed by atoms with Gasteiger partial charge in [-0.1, -0.05) is 6.07 Å². The second-order valence-electron chi connectivity index (χ2n) is 5.52. The van der Waals surface area contributed by atoms with E-state index in [0.717, 1.165) is 56.3 Å². The Balaban J connectivity index is 1.84. The maximum absolute atomic E-state index is 12.1. The molecule has 1 amide bonds. The average Bonchev–Trinajstić information content (AvgIpc) is 2.70. The molecular formula is C16H25N3OS. The van der Waals surface area contributed by atoms with E-state index in [4.69, 9.17) is 0 Å². The van der Waals surface area contributed by atoms with Crippen LogP contribution in [-0.4, -0.2) is 58.9 Å². The van der Waals surface area contributed by atoms with Gasteiger partial charge in [-0.2, -0.15) is 11.8 Å². The molecule has 0 bridgehead atoms. The first-order valence-electron chi connectivity index (χ1n) is 7.60. The largest absolute Gasteiger partial charge is 0.341 e. The predicted molar refractivity (Wildman–Crippen MR) is 88.4 cm³/mol. The number of nitrogens with zero attached hydrogens (tertiary/aromatic N) is 3. The van der Waals surface area contributed by atoms with Crippen LogP contribution in [-0.2, 0) is 11.3 Å². The van der Waals surface area contributed by atoms with Gasteiger partial charge in [-0.25, -0.2) is 0 Å². The molecule has 1 aromatic rings. The van der Waals surface area contributed by atoms with Crippen LogP contribution in [0.25, 0.3) is 0 Å². The number of carbonyl (C=O) groups is 1. The monoisotopic (exact) mass is 307 g/mol. The summed E-state index contributed by atoms with van der Waals surface area (Å²) in [5.41, 5.74) is 2.19. The Morgan fingerprint density at radius 3 is 2.90 bits per heavy atom. The van der Waals surface area contributed by atoms with Crippen molar-refractivity contribution in [3.8, 4) is 0 Å². The number of hydrogen-bond donors (Lipinski definition) is 0. The van der Waals surface area contributed by atoms with Gasteiger partial charge in [0, 0.05) is 50.6 Å². The quantitative estimate of drug-likeness (QED) is 0.835. The highest BCUT2D eigenvalue weighted by molar-refractivity contribution is 7.98. The number of amides is 1. The van der Waals surface area contributed by atoms with Crippen molar-refractivity contribution < 1.29 is 4.79 Å². The predicted octanol–water partition coefficient (Wildman–Crippen LogP) is 2.18. The lowest BCUT2D eigenvalue weighted by Crippen LogP contribution is -2.35. The highest BCUT2D eigenvalue weighted by Crippen LogP contribution is 2.10. The van der Waals surface area contributed by atoms with Crippen molar-refractivity contribution in [2.45, 2.75) is 26.3 Å². The second-order valence-corrected chi connectivity index (χ2v) is 6.51. The molecule has 2 heterocycles. The summed E-state index contributed by atoms with van der Waals surface area (Å²) in [7, 11) is 0. The van der Waals surface area contributed by atoms with E-state index in [2.05, 4.69) is 22.0 Å². The van der Waals surface area contributed by atoms with Gasteiger partial charge in [0.15, 0.2) is 0 Å². The van der Waals surface area contributed by atoms with Gasteiger partial charge in [0.2, 0.25) is 5.91 Å². The van der Waals surface area contributed by atoms with E-state index in [1.165, 1.54) is 0 Å². The van der Waals surface area contributed by atoms with Crippen LogP contribution in [0.1, 0.15) is 24.2 Å².